The highest BCUT2D eigenvalue weighted by atomic mass is 16.5. The van der Waals surface area contributed by atoms with Gasteiger partial charge >= 0.3 is 0 Å². The van der Waals surface area contributed by atoms with Gasteiger partial charge in [0.05, 0.1) is 12.6 Å². The van der Waals surface area contributed by atoms with Crippen LogP contribution in [0.15, 0.2) is 24.3 Å². The van der Waals surface area contributed by atoms with Crippen LogP contribution in [-0.4, -0.2) is 18.6 Å². The normalized spacial score (nSPS) is 15.2. The van der Waals surface area contributed by atoms with E-state index in [1.807, 2.05) is 45.0 Å². The van der Waals surface area contributed by atoms with Gasteiger partial charge in [0.2, 0.25) is 5.91 Å². The van der Waals surface area contributed by atoms with E-state index in [4.69, 9.17) is 10.5 Å². The van der Waals surface area contributed by atoms with Crippen LogP contribution in [-0.2, 0) is 4.79 Å². The monoisotopic (exact) mass is 306 g/mol. The quantitative estimate of drug-likeness (QED) is 0.774. The molecule has 124 valence electrons. The van der Waals surface area contributed by atoms with Crippen molar-refractivity contribution in [1.29, 1.82) is 0 Å². The Morgan fingerprint density at radius 1 is 1.14 bits per heavy atom. The van der Waals surface area contributed by atoms with Crippen LogP contribution in [0.25, 0.3) is 0 Å². The van der Waals surface area contributed by atoms with E-state index in [0.717, 1.165) is 24.3 Å². The summed E-state index contributed by atoms with van der Waals surface area (Å²) in [7, 11) is 0. The Morgan fingerprint density at radius 3 is 2.23 bits per heavy atom. The van der Waals surface area contributed by atoms with E-state index in [1.54, 1.807) is 0 Å². The molecule has 0 bridgehead atoms. The van der Waals surface area contributed by atoms with E-state index in [1.165, 1.54) is 0 Å². The molecule has 0 radical (unpaired) electrons. The van der Waals surface area contributed by atoms with Crippen molar-refractivity contribution in [2.24, 2.45) is 17.6 Å². The first-order chi connectivity index (χ1) is 10.3. The number of benzene rings is 1. The predicted octanol–water partition coefficient (Wildman–Crippen LogP) is 3.27. The largest absolute Gasteiger partial charge is 0.494 e. The Morgan fingerprint density at radius 2 is 1.73 bits per heavy atom. The number of ether oxygens (including phenoxy) is 1. The number of amides is 1. The van der Waals surface area contributed by atoms with E-state index >= 15 is 0 Å². The molecule has 22 heavy (non-hydrogen) atoms. The molecule has 0 aliphatic heterocycles. The van der Waals surface area contributed by atoms with Gasteiger partial charge in [0.25, 0.3) is 0 Å². The maximum atomic E-state index is 12.0. The highest BCUT2D eigenvalue weighted by Gasteiger charge is 2.19. The summed E-state index contributed by atoms with van der Waals surface area (Å²) >= 11 is 0. The second kappa shape index (κ2) is 8.79. The van der Waals surface area contributed by atoms with Gasteiger partial charge in [-0.2, -0.15) is 0 Å². The molecule has 4 heteroatoms. The van der Waals surface area contributed by atoms with Crippen LogP contribution in [0, 0.1) is 11.8 Å². The van der Waals surface area contributed by atoms with Crippen molar-refractivity contribution < 1.29 is 9.53 Å². The summed E-state index contributed by atoms with van der Waals surface area (Å²) in [5.41, 5.74) is 6.82. The van der Waals surface area contributed by atoms with Gasteiger partial charge in [0.1, 0.15) is 5.75 Å². The van der Waals surface area contributed by atoms with E-state index in [0.29, 0.717) is 5.92 Å². The van der Waals surface area contributed by atoms with E-state index in [-0.39, 0.29) is 23.9 Å². The number of carbonyl (C=O) groups excluding carboxylic acids is 1. The molecule has 1 amide bonds. The SMILES string of the molecule is CC(C)CCOc1ccc(C(C)NC(=O)C(C)C(C)N)cc1. The molecule has 0 aliphatic carbocycles. The Kier molecular flexibility index (Phi) is 7.39. The summed E-state index contributed by atoms with van der Waals surface area (Å²) in [5.74, 6) is 1.30. The number of rotatable bonds is 8. The fourth-order valence-corrected chi connectivity index (χ4v) is 1.93. The fraction of sp³-hybridized carbons (Fsp3) is 0.611. The van der Waals surface area contributed by atoms with Crippen molar-refractivity contribution in [3.8, 4) is 5.75 Å². The number of hydrogen-bond donors (Lipinski definition) is 2. The Balaban J connectivity index is 2.53. The van der Waals surface area contributed by atoms with Crippen molar-refractivity contribution in [2.45, 2.75) is 53.1 Å². The van der Waals surface area contributed by atoms with Crippen molar-refractivity contribution in [1.82, 2.24) is 5.32 Å². The molecule has 1 aromatic rings. The molecule has 0 saturated heterocycles. The predicted molar refractivity (Wildman–Crippen MR) is 90.8 cm³/mol. The zero-order valence-corrected chi connectivity index (χ0v) is 14.4. The molecular weight excluding hydrogens is 276 g/mol. The van der Waals surface area contributed by atoms with E-state index < -0.39 is 0 Å². The Bertz CT molecular complexity index is 455. The minimum absolute atomic E-state index is 0.0141. The number of carbonyl (C=O) groups is 1. The van der Waals surface area contributed by atoms with Crippen molar-refractivity contribution in [3.05, 3.63) is 29.8 Å². The van der Waals surface area contributed by atoms with Crippen LogP contribution in [0.1, 0.15) is 52.6 Å². The number of hydrogen-bond acceptors (Lipinski definition) is 3. The lowest BCUT2D eigenvalue weighted by molar-refractivity contribution is -0.125. The summed E-state index contributed by atoms with van der Waals surface area (Å²) in [6, 6.07) is 7.70. The van der Waals surface area contributed by atoms with Crippen molar-refractivity contribution >= 4 is 5.91 Å². The molecule has 0 fully saturated rings. The second-order valence-corrected chi connectivity index (χ2v) is 6.48. The molecule has 1 rings (SSSR count). The highest BCUT2D eigenvalue weighted by molar-refractivity contribution is 5.79. The molecule has 4 nitrogen and oxygen atoms in total. The molecule has 0 aromatic heterocycles. The molecular formula is C18H30N2O2. The highest BCUT2D eigenvalue weighted by Crippen LogP contribution is 2.18. The van der Waals surface area contributed by atoms with Gasteiger partial charge in [0.15, 0.2) is 0 Å². The average molecular weight is 306 g/mol. The third kappa shape index (κ3) is 6.06. The summed E-state index contributed by atoms with van der Waals surface area (Å²) < 4.78 is 5.70. The van der Waals surface area contributed by atoms with Gasteiger partial charge in [-0.15, -0.1) is 0 Å². The van der Waals surface area contributed by atoms with Crippen LogP contribution in [0.5, 0.6) is 5.75 Å². The third-order valence-electron chi connectivity index (χ3n) is 3.91. The van der Waals surface area contributed by atoms with Crippen molar-refractivity contribution in [3.63, 3.8) is 0 Å². The molecule has 3 unspecified atom stereocenters. The second-order valence-electron chi connectivity index (χ2n) is 6.48. The first kappa shape index (κ1) is 18.5. The number of nitrogens with two attached hydrogens (primary N) is 1. The lowest BCUT2D eigenvalue weighted by Gasteiger charge is -2.20. The topological polar surface area (TPSA) is 64.3 Å². The molecule has 3 atom stereocenters. The minimum atomic E-state index is -0.193. The zero-order valence-electron chi connectivity index (χ0n) is 14.4. The lowest BCUT2D eigenvalue weighted by atomic mass is 10.0. The molecule has 0 heterocycles. The Labute approximate surface area is 134 Å². The molecule has 1 aromatic carbocycles. The molecule has 0 aliphatic rings. The van der Waals surface area contributed by atoms with Gasteiger partial charge in [-0.25, -0.2) is 0 Å². The van der Waals surface area contributed by atoms with Crippen LogP contribution >= 0.6 is 0 Å². The summed E-state index contributed by atoms with van der Waals surface area (Å²) in [5, 5.41) is 3.00. The molecule has 0 saturated carbocycles. The maximum absolute atomic E-state index is 12.0. The summed E-state index contributed by atoms with van der Waals surface area (Å²) in [6.07, 6.45) is 1.05. The van der Waals surface area contributed by atoms with E-state index in [2.05, 4.69) is 19.2 Å². The first-order valence-electron chi connectivity index (χ1n) is 8.10. The minimum Gasteiger partial charge on any atom is -0.494 e. The summed E-state index contributed by atoms with van der Waals surface area (Å²) in [6.45, 7) is 10.8. The van der Waals surface area contributed by atoms with Crippen molar-refractivity contribution in [2.75, 3.05) is 6.61 Å². The van der Waals surface area contributed by atoms with Gasteiger partial charge < -0.3 is 15.8 Å². The first-order valence-corrected chi connectivity index (χ1v) is 8.10. The molecule has 3 N–H and O–H groups in total. The smallest absolute Gasteiger partial charge is 0.224 e. The average Bonchev–Trinajstić information content (AvgIpc) is 2.46. The van der Waals surface area contributed by atoms with Crippen LogP contribution in [0.4, 0.5) is 0 Å². The lowest BCUT2D eigenvalue weighted by Crippen LogP contribution is -2.39. The van der Waals surface area contributed by atoms with Crippen LogP contribution < -0.4 is 15.8 Å². The van der Waals surface area contributed by atoms with Gasteiger partial charge in [-0.3, -0.25) is 4.79 Å². The fourth-order valence-electron chi connectivity index (χ4n) is 1.93. The standard InChI is InChI=1S/C18H30N2O2/c1-12(2)10-11-22-17-8-6-16(7-9-17)15(5)20-18(21)13(3)14(4)19/h6-9,12-15H,10-11,19H2,1-5H3,(H,20,21). The van der Waals surface area contributed by atoms with Gasteiger partial charge in [-0.1, -0.05) is 32.9 Å². The van der Waals surface area contributed by atoms with E-state index in [9.17, 15) is 4.79 Å². The zero-order chi connectivity index (χ0) is 16.7. The molecule has 0 spiro atoms. The van der Waals surface area contributed by atoms with Crippen LogP contribution in [0.3, 0.4) is 0 Å². The summed E-state index contributed by atoms with van der Waals surface area (Å²) in [4.78, 5) is 12.0. The van der Waals surface area contributed by atoms with Gasteiger partial charge in [0, 0.05) is 12.0 Å². The van der Waals surface area contributed by atoms with Crippen LogP contribution in [0.2, 0.25) is 0 Å². The number of nitrogens with one attached hydrogen (secondary N) is 1. The third-order valence-corrected chi connectivity index (χ3v) is 3.91. The van der Waals surface area contributed by atoms with Gasteiger partial charge in [-0.05, 0) is 43.9 Å². The maximum Gasteiger partial charge on any atom is 0.224 e. The Hall–Kier alpha value is -1.55.